The van der Waals surface area contributed by atoms with Gasteiger partial charge in [0.1, 0.15) is 0 Å². The van der Waals surface area contributed by atoms with E-state index in [1.807, 2.05) is 30.3 Å². The molecule has 0 aliphatic heterocycles. The van der Waals surface area contributed by atoms with Crippen molar-refractivity contribution in [3.8, 4) is 0 Å². The Balaban J connectivity index is 2.16. The molecule has 1 aromatic carbocycles. The largest absolute Gasteiger partial charge is 0.268 e. The first-order chi connectivity index (χ1) is 8.65. The lowest BCUT2D eigenvalue weighted by Gasteiger charge is -1.97. The van der Waals surface area contributed by atoms with Gasteiger partial charge in [0.05, 0.1) is 5.69 Å². The third-order valence-electron chi connectivity index (χ3n) is 2.36. The highest BCUT2D eigenvalue weighted by molar-refractivity contribution is 7.84. The number of H-pyrrole nitrogens is 1. The molecule has 0 aliphatic carbocycles. The molecule has 92 valence electrons. The van der Waals surface area contributed by atoms with Gasteiger partial charge in [-0.15, -0.1) is 0 Å². The molecule has 1 unspecified atom stereocenters. The smallest absolute Gasteiger partial charge is 0.264 e. The van der Waals surface area contributed by atoms with Gasteiger partial charge in [0.15, 0.2) is 0 Å². The molecule has 18 heavy (non-hydrogen) atoms. The van der Waals surface area contributed by atoms with E-state index in [2.05, 4.69) is 10.2 Å². The zero-order chi connectivity index (χ0) is 13.0. The molecule has 1 heterocycles. The monoisotopic (exact) mass is 260 g/mol. The van der Waals surface area contributed by atoms with Crippen molar-refractivity contribution in [2.24, 2.45) is 0 Å². The minimum absolute atomic E-state index is 0.220. The molecule has 5 heteroatoms. The van der Waals surface area contributed by atoms with E-state index in [1.165, 1.54) is 6.07 Å². The predicted molar refractivity (Wildman–Crippen MR) is 72.6 cm³/mol. The van der Waals surface area contributed by atoms with Crippen molar-refractivity contribution < 1.29 is 4.21 Å². The predicted octanol–water partition coefficient (Wildman–Crippen LogP) is 1.68. The summed E-state index contributed by atoms with van der Waals surface area (Å²) in [5.74, 6) is 0. The molecule has 2 rings (SSSR count). The van der Waals surface area contributed by atoms with E-state index >= 15 is 0 Å². The van der Waals surface area contributed by atoms with Crippen LogP contribution in [-0.2, 0) is 10.8 Å². The second-order valence-corrected chi connectivity index (χ2v) is 5.08. The van der Waals surface area contributed by atoms with E-state index in [4.69, 9.17) is 0 Å². The minimum atomic E-state index is -0.956. The summed E-state index contributed by atoms with van der Waals surface area (Å²) in [5, 5.41) is 6.23. The third-order valence-corrected chi connectivity index (χ3v) is 3.30. The summed E-state index contributed by atoms with van der Waals surface area (Å²) in [6.07, 6.45) is 5.33. The zero-order valence-electron chi connectivity index (χ0n) is 9.79. The summed E-state index contributed by atoms with van der Waals surface area (Å²) in [5.41, 5.74) is 1.44. The Hall–Kier alpha value is -2.01. The topological polar surface area (TPSA) is 62.8 Å². The molecule has 0 radical (unpaired) electrons. The normalized spacial score (nSPS) is 12.7. The maximum absolute atomic E-state index is 11.2. The highest BCUT2D eigenvalue weighted by Gasteiger charge is 1.95. The number of aromatic amines is 1. The standard InChI is InChI=1S/C13H12N2O2S/c1-18(17)12-7-3-10(4-8-12)2-5-11-6-9-13(16)15-14-11/h2-9H,1H3,(H,15,16)/b5-2+. The lowest BCUT2D eigenvalue weighted by Crippen LogP contribution is -2.05. The summed E-state index contributed by atoms with van der Waals surface area (Å²) in [4.78, 5) is 11.6. The van der Waals surface area contributed by atoms with Gasteiger partial charge in [-0.05, 0) is 29.8 Å². The number of hydrogen-bond donors (Lipinski definition) is 1. The van der Waals surface area contributed by atoms with Crippen LogP contribution in [0.5, 0.6) is 0 Å². The molecule has 2 aromatic rings. The van der Waals surface area contributed by atoms with Gasteiger partial charge >= 0.3 is 0 Å². The lowest BCUT2D eigenvalue weighted by molar-refractivity contribution is 0.687. The number of nitrogens with zero attached hydrogens (tertiary/aromatic N) is 1. The SMILES string of the molecule is CS(=O)c1ccc(/C=C/c2ccc(=O)[nH]n2)cc1. The van der Waals surface area contributed by atoms with E-state index in [1.54, 1.807) is 18.4 Å². The van der Waals surface area contributed by atoms with E-state index in [9.17, 15) is 9.00 Å². The second kappa shape index (κ2) is 5.55. The van der Waals surface area contributed by atoms with Gasteiger partial charge in [-0.3, -0.25) is 9.00 Å². The quantitative estimate of drug-likeness (QED) is 0.913. The summed E-state index contributed by atoms with van der Waals surface area (Å²) >= 11 is 0. The van der Waals surface area contributed by atoms with Crippen LogP contribution < -0.4 is 5.56 Å². The average molecular weight is 260 g/mol. The Morgan fingerprint density at radius 2 is 1.83 bits per heavy atom. The first-order valence-corrected chi connectivity index (χ1v) is 6.88. The molecule has 1 atom stereocenters. The fraction of sp³-hybridized carbons (Fsp3) is 0.0769. The fourth-order valence-electron chi connectivity index (χ4n) is 1.40. The van der Waals surface area contributed by atoms with E-state index in [-0.39, 0.29) is 5.56 Å². The van der Waals surface area contributed by atoms with Crippen LogP contribution in [0.2, 0.25) is 0 Å². The summed E-state index contributed by atoms with van der Waals surface area (Å²) in [6, 6.07) is 10.5. The van der Waals surface area contributed by atoms with Gasteiger partial charge < -0.3 is 0 Å². The number of benzene rings is 1. The molecule has 0 fully saturated rings. The molecule has 0 bridgehead atoms. The van der Waals surface area contributed by atoms with Crippen LogP contribution in [0.3, 0.4) is 0 Å². The Kier molecular flexibility index (Phi) is 3.84. The third kappa shape index (κ3) is 3.24. The molecule has 0 aliphatic rings. The second-order valence-electron chi connectivity index (χ2n) is 3.70. The summed E-state index contributed by atoms with van der Waals surface area (Å²) < 4.78 is 11.2. The Morgan fingerprint density at radius 1 is 1.11 bits per heavy atom. The first-order valence-electron chi connectivity index (χ1n) is 5.32. The zero-order valence-corrected chi connectivity index (χ0v) is 10.6. The minimum Gasteiger partial charge on any atom is -0.268 e. The van der Waals surface area contributed by atoms with Gasteiger partial charge in [0, 0.05) is 28.0 Å². The lowest BCUT2D eigenvalue weighted by atomic mass is 10.2. The molecule has 1 N–H and O–H groups in total. The van der Waals surface area contributed by atoms with Crippen molar-refractivity contribution in [2.45, 2.75) is 4.90 Å². The van der Waals surface area contributed by atoms with E-state index < -0.39 is 10.8 Å². The van der Waals surface area contributed by atoms with Gasteiger partial charge in [0.25, 0.3) is 5.56 Å². The molecular formula is C13H12N2O2S. The van der Waals surface area contributed by atoms with Crippen LogP contribution in [0.4, 0.5) is 0 Å². The molecule has 0 spiro atoms. The molecule has 0 saturated heterocycles. The molecule has 0 amide bonds. The summed E-state index contributed by atoms with van der Waals surface area (Å²) in [7, 11) is -0.956. The van der Waals surface area contributed by atoms with Crippen molar-refractivity contribution in [3.05, 3.63) is 58.0 Å². The Bertz CT molecular complexity index is 624. The highest BCUT2D eigenvalue weighted by atomic mass is 32.2. The number of aromatic nitrogens is 2. The average Bonchev–Trinajstić information content (AvgIpc) is 2.38. The molecule has 1 aromatic heterocycles. The van der Waals surface area contributed by atoms with Gasteiger partial charge in [-0.25, -0.2) is 5.10 Å². The van der Waals surface area contributed by atoms with Crippen LogP contribution >= 0.6 is 0 Å². The van der Waals surface area contributed by atoms with Crippen LogP contribution in [-0.4, -0.2) is 20.7 Å². The Morgan fingerprint density at radius 3 is 2.39 bits per heavy atom. The van der Waals surface area contributed by atoms with Crippen LogP contribution in [0.25, 0.3) is 12.2 Å². The highest BCUT2D eigenvalue weighted by Crippen LogP contribution is 2.10. The first kappa shape index (κ1) is 12.4. The van der Waals surface area contributed by atoms with E-state index in [0.717, 1.165) is 10.5 Å². The van der Waals surface area contributed by atoms with Crippen molar-refractivity contribution in [1.29, 1.82) is 0 Å². The fourth-order valence-corrected chi connectivity index (χ4v) is 1.92. The number of hydrogen-bond acceptors (Lipinski definition) is 3. The van der Waals surface area contributed by atoms with Gasteiger partial charge in [-0.1, -0.05) is 18.2 Å². The molecule has 4 nitrogen and oxygen atoms in total. The van der Waals surface area contributed by atoms with E-state index in [0.29, 0.717) is 5.69 Å². The molecule has 0 saturated carbocycles. The van der Waals surface area contributed by atoms with Crippen LogP contribution in [0.15, 0.2) is 46.1 Å². The molecular weight excluding hydrogens is 248 g/mol. The van der Waals surface area contributed by atoms with Crippen molar-refractivity contribution >= 4 is 23.0 Å². The van der Waals surface area contributed by atoms with Crippen molar-refractivity contribution in [2.75, 3.05) is 6.26 Å². The Labute approximate surface area is 107 Å². The van der Waals surface area contributed by atoms with Gasteiger partial charge in [0.2, 0.25) is 0 Å². The maximum Gasteiger partial charge on any atom is 0.264 e. The van der Waals surface area contributed by atoms with Crippen molar-refractivity contribution in [3.63, 3.8) is 0 Å². The number of rotatable bonds is 3. The maximum atomic E-state index is 11.2. The number of nitrogens with one attached hydrogen (secondary N) is 1. The van der Waals surface area contributed by atoms with Crippen molar-refractivity contribution in [1.82, 2.24) is 10.2 Å². The van der Waals surface area contributed by atoms with Gasteiger partial charge in [-0.2, -0.15) is 5.10 Å². The summed E-state index contributed by atoms with van der Waals surface area (Å²) in [6.45, 7) is 0. The van der Waals surface area contributed by atoms with Crippen LogP contribution in [0.1, 0.15) is 11.3 Å². The van der Waals surface area contributed by atoms with Crippen LogP contribution in [0, 0.1) is 0 Å².